The van der Waals surface area contributed by atoms with Crippen LogP contribution < -0.4 is 15.5 Å². The Morgan fingerprint density at radius 2 is 1.90 bits per heavy atom. The lowest BCUT2D eigenvalue weighted by Gasteiger charge is -2.37. The van der Waals surface area contributed by atoms with Crippen molar-refractivity contribution in [3.8, 4) is 0 Å². The molecule has 2 N–H and O–H groups in total. The van der Waals surface area contributed by atoms with E-state index >= 15 is 0 Å². The highest BCUT2D eigenvalue weighted by molar-refractivity contribution is 5.90. The number of pyridine rings is 1. The van der Waals surface area contributed by atoms with E-state index in [2.05, 4.69) is 25.5 Å². The normalized spacial score (nSPS) is 14.7. The molecule has 1 aromatic heterocycles. The number of nitrogens with one attached hydrogen (secondary N) is 2. The number of carbonyl (C=O) groups excluding carboxylic acids is 1. The molecule has 1 fully saturated rings. The molecule has 1 saturated heterocycles. The van der Waals surface area contributed by atoms with Crippen LogP contribution in [0.15, 0.2) is 47.5 Å². The zero-order chi connectivity index (χ0) is 20.6. The number of hydrogen-bond donors (Lipinski definition) is 2. The summed E-state index contributed by atoms with van der Waals surface area (Å²) in [7, 11) is 1.72. The zero-order valence-corrected chi connectivity index (χ0v) is 16.9. The quantitative estimate of drug-likeness (QED) is 0.597. The number of rotatable bonds is 5. The minimum atomic E-state index is -0.197. The van der Waals surface area contributed by atoms with E-state index in [0.717, 1.165) is 24.7 Å². The number of aromatic nitrogens is 1. The average molecular weight is 398 g/mol. The van der Waals surface area contributed by atoms with Crippen LogP contribution in [0.1, 0.15) is 12.1 Å². The van der Waals surface area contributed by atoms with Crippen molar-refractivity contribution in [2.75, 3.05) is 50.0 Å². The smallest absolute Gasteiger partial charge is 0.227 e. The Bertz CT molecular complexity index is 864. The maximum Gasteiger partial charge on any atom is 0.227 e. The van der Waals surface area contributed by atoms with Crippen molar-refractivity contribution in [2.24, 2.45) is 4.99 Å². The number of halogens is 1. The minimum Gasteiger partial charge on any atom is -0.366 e. The number of amides is 1. The highest BCUT2D eigenvalue weighted by Crippen LogP contribution is 2.20. The zero-order valence-electron chi connectivity index (χ0n) is 16.9. The largest absolute Gasteiger partial charge is 0.366 e. The molecule has 1 amide bonds. The second-order valence-corrected chi connectivity index (χ2v) is 6.86. The lowest BCUT2D eigenvalue weighted by Crippen LogP contribution is -2.53. The SMILES string of the molecule is CN=C(NCCC(=O)Nc1cccc(C)n1)N1CCN(c2ccccc2F)CC1. The van der Waals surface area contributed by atoms with E-state index in [1.807, 2.05) is 30.0 Å². The lowest BCUT2D eigenvalue weighted by molar-refractivity contribution is -0.116. The monoisotopic (exact) mass is 398 g/mol. The number of carbonyl (C=O) groups is 1. The molecule has 1 aliphatic rings. The fourth-order valence-electron chi connectivity index (χ4n) is 3.31. The van der Waals surface area contributed by atoms with Crippen LogP contribution >= 0.6 is 0 Å². The second kappa shape index (κ2) is 9.86. The molecule has 0 aliphatic carbocycles. The Balaban J connectivity index is 1.44. The number of nitrogens with zero attached hydrogens (tertiary/aromatic N) is 4. The van der Waals surface area contributed by atoms with Gasteiger partial charge in [0.25, 0.3) is 0 Å². The Morgan fingerprint density at radius 1 is 1.14 bits per heavy atom. The van der Waals surface area contributed by atoms with Crippen LogP contribution in [0.4, 0.5) is 15.9 Å². The average Bonchev–Trinajstić information content (AvgIpc) is 2.72. The molecule has 3 rings (SSSR count). The third-order valence-electron chi connectivity index (χ3n) is 4.78. The van der Waals surface area contributed by atoms with Crippen LogP contribution in [0.3, 0.4) is 0 Å². The summed E-state index contributed by atoms with van der Waals surface area (Å²) in [5.41, 5.74) is 1.49. The molecule has 1 aromatic carbocycles. The molecule has 0 spiro atoms. The molecule has 0 radical (unpaired) electrons. The standard InChI is InChI=1S/C21H27FN6O/c1-16-6-5-9-19(25-16)26-20(29)10-11-24-21(23-2)28-14-12-27(13-15-28)18-8-4-3-7-17(18)22/h3-9H,10-15H2,1-2H3,(H,23,24)(H,25,26,29). The Morgan fingerprint density at radius 3 is 2.59 bits per heavy atom. The number of anilines is 2. The van der Waals surface area contributed by atoms with Gasteiger partial charge in [0.1, 0.15) is 11.6 Å². The minimum absolute atomic E-state index is 0.101. The van der Waals surface area contributed by atoms with Gasteiger partial charge in [-0.1, -0.05) is 18.2 Å². The second-order valence-electron chi connectivity index (χ2n) is 6.86. The highest BCUT2D eigenvalue weighted by atomic mass is 19.1. The maximum atomic E-state index is 14.0. The van der Waals surface area contributed by atoms with Gasteiger partial charge in [0.2, 0.25) is 5.91 Å². The Kier molecular flexibility index (Phi) is 6.99. The van der Waals surface area contributed by atoms with Gasteiger partial charge >= 0.3 is 0 Å². The van der Waals surface area contributed by atoms with Gasteiger partial charge in [0, 0.05) is 51.9 Å². The summed E-state index contributed by atoms with van der Waals surface area (Å²) in [5, 5.41) is 6.03. The van der Waals surface area contributed by atoms with E-state index in [1.54, 1.807) is 25.2 Å². The lowest BCUT2D eigenvalue weighted by atomic mass is 10.2. The van der Waals surface area contributed by atoms with Crippen LogP contribution in [-0.2, 0) is 4.79 Å². The van der Waals surface area contributed by atoms with Gasteiger partial charge in [-0.3, -0.25) is 9.79 Å². The van der Waals surface area contributed by atoms with E-state index in [1.165, 1.54) is 6.07 Å². The number of hydrogen-bond acceptors (Lipinski definition) is 4. The third-order valence-corrected chi connectivity index (χ3v) is 4.78. The highest BCUT2D eigenvalue weighted by Gasteiger charge is 2.21. The van der Waals surface area contributed by atoms with Crippen LogP contribution in [-0.4, -0.2) is 61.5 Å². The summed E-state index contributed by atoms with van der Waals surface area (Å²) in [5.74, 6) is 1.01. The van der Waals surface area contributed by atoms with Crippen molar-refractivity contribution in [2.45, 2.75) is 13.3 Å². The number of piperazine rings is 1. The summed E-state index contributed by atoms with van der Waals surface area (Å²) in [6.07, 6.45) is 0.309. The van der Waals surface area contributed by atoms with Crippen LogP contribution in [0, 0.1) is 12.7 Å². The molecular formula is C21H27FN6O. The van der Waals surface area contributed by atoms with Crippen LogP contribution in [0.2, 0.25) is 0 Å². The van der Waals surface area contributed by atoms with Gasteiger partial charge < -0.3 is 20.4 Å². The predicted octanol–water partition coefficient (Wildman–Crippen LogP) is 2.26. The molecule has 154 valence electrons. The molecule has 7 nitrogen and oxygen atoms in total. The van der Waals surface area contributed by atoms with Gasteiger partial charge in [0.05, 0.1) is 5.69 Å². The fraction of sp³-hybridized carbons (Fsp3) is 0.381. The molecule has 29 heavy (non-hydrogen) atoms. The molecule has 0 unspecified atom stereocenters. The molecule has 0 bridgehead atoms. The Labute approximate surface area is 170 Å². The summed E-state index contributed by atoms with van der Waals surface area (Å²) in [6.45, 7) is 5.23. The van der Waals surface area contributed by atoms with Gasteiger partial charge in [-0.2, -0.15) is 0 Å². The summed E-state index contributed by atoms with van der Waals surface area (Å²) in [4.78, 5) is 24.9. The first-order valence-electron chi connectivity index (χ1n) is 9.75. The van der Waals surface area contributed by atoms with Crippen molar-refractivity contribution in [3.05, 3.63) is 54.0 Å². The van der Waals surface area contributed by atoms with E-state index in [9.17, 15) is 9.18 Å². The Hall–Kier alpha value is -3.16. The number of para-hydroxylation sites is 1. The molecule has 0 saturated carbocycles. The molecule has 1 aliphatic heterocycles. The van der Waals surface area contributed by atoms with E-state index in [-0.39, 0.29) is 11.7 Å². The van der Waals surface area contributed by atoms with Crippen LogP contribution in [0.25, 0.3) is 0 Å². The van der Waals surface area contributed by atoms with Gasteiger partial charge in [0.15, 0.2) is 5.96 Å². The van der Waals surface area contributed by atoms with E-state index in [4.69, 9.17) is 0 Å². The first kappa shape index (κ1) is 20.6. The van der Waals surface area contributed by atoms with Gasteiger partial charge in [-0.25, -0.2) is 9.37 Å². The molecular weight excluding hydrogens is 371 g/mol. The van der Waals surface area contributed by atoms with E-state index in [0.29, 0.717) is 37.6 Å². The summed E-state index contributed by atoms with van der Waals surface area (Å²) < 4.78 is 14.0. The molecule has 8 heteroatoms. The number of aliphatic imine (C=N–C) groups is 1. The molecule has 2 aromatic rings. The van der Waals surface area contributed by atoms with Crippen LogP contribution in [0.5, 0.6) is 0 Å². The third kappa shape index (κ3) is 5.66. The maximum absolute atomic E-state index is 14.0. The number of benzene rings is 1. The molecule has 0 atom stereocenters. The molecule has 2 heterocycles. The van der Waals surface area contributed by atoms with Gasteiger partial charge in [-0.05, 0) is 31.2 Å². The first-order chi connectivity index (χ1) is 14.1. The van der Waals surface area contributed by atoms with Crippen molar-refractivity contribution in [3.63, 3.8) is 0 Å². The fourth-order valence-corrected chi connectivity index (χ4v) is 3.31. The number of aryl methyl sites for hydroxylation is 1. The van der Waals surface area contributed by atoms with Crippen molar-refractivity contribution >= 4 is 23.4 Å². The summed E-state index contributed by atoms with van der Waals surface area (Å²) in [6, 6.07) is 12.4. The first-order valence-corrected chi connectivity index (χ1v) is 9.75. The van der Waals surface area contributed by atoms with Crippen molar-refractivity contribution in [1.82, 2.24) is 15.2 Å². The topological polar surface area (TPSA) is 72.9 Å². The van der Waals surface area contributed by atoms with Gasteiger partial charge in [-0.15, -0.1) is 0 Å². The van der Waals surface area contributed by atoms with Crippen molar-refractivity contribution in [1.29, 1.82) is 0 Å². The predicted molar refractivity (Wildman–Crippen MR) is 114 cm³/mol. The number of guanidine groups is 1. The van der Waals surface area contributed by atoms with Crippen molar-refractivity contribution < 1.29 is 9.18 Å². The summed E-state index contributed by atoms with van der Waals surface area (Å²) >= 11 is 0. The van der Waals surface area contributed by atoms with E-state index < -0.39 is 0 Å².